The Morgan fingerprint density at radius 3 is 2.44 bits per heavy atom. The van der Waals surface area contributed by atoms with Crippen molar-refractivity contribution in [1.82, 2.24) is 5.43 Å². The van der Waals surface area contributed by atoms with Gasteiger partial charge in [0.25, 0.3) is 21.6 Å². The zero-order valence-electron chi connectivity index (χ0n) is 16.6. The monoisotopic (exact) mass is 520 g/mol. The first-order chi connectivity index (χ1) is 15.2. The molecule has 3 aromatic rings. The van der Waals surface area contributed by atoms with E-state index in [0.29, 0.717) is 11.5 Å². The summed E-state index contributed by atoms with van der Waals surface area (Å²) in [5, 5.41) is 14.7. The number of nitro groups is 1. The molecule has 0 aliphatic heterocycles. The third-order valence-electron chi connectivity index (χ3n) is 4.22. The fourth-order valence-electron chi connectivity index (χ4n) is 2.65. The number of nitrogens with one attached hydrogen (secondary N) is 1. The highest BCUT2D eigenvalue weighted by Crippen LogP contribution is 2.25. The molecule has 3 rings (SSSR count). The quantitative estimate of drug-likeness (QED) is 0.273. The summed E-state index contributed by atoms with van der Waals surface area (Å²) >= 11 is 3.30. The predicted octanol–water partition coefficient (Wildman–Crippen LogP) is 3.60. The number of anilines is 1. The van der Waals surface area contributed by atoms with Crippen molar-refractivity contribution in [1.29, 1.82) is 0 Å². The largest absolute Gasteiger partial charge is 0.459 e. The van der Waals surface area contributed by atoms with Crippen molar-refractivity contribution in [3.05, 3.63) is 86.8 Å². The number of benzene rings is 2. The van der Waals surface area contributed by atoms with Gasteiger partial charge in [-0.3, -0.25) is 19.2 Å². The molecule has 0 radical (unpaired) electrons. The smallest absolute Gasteiger partial charge is 0.269 e. The van der Waals surface area contributed by atoms with Crippen LogP contribution in [-0.2, 0) is 14.8 Å². The second-order valence-electron chi connectivity index (χ2n) is 6.44. The molecule has 0 fully saturated rings. The van der Waals surface area contributed by atoms with Gasteiger partial charge in [-0.25, -0.2) is 13.8 Å². The average molecular weight is 521 g/mol. The number of furan rings is 1. The Balaban J connectivity index is 1.85. The molecule has 1 N–H and O–H groups in total. The summed E-state index contributed by atoms with van der Waals surface area (Å²) in [5.41, 5.74) is 2.13. The number of sulfonamides is 1. The maximum atomic E-state index is 13.2. The first-order valence-corrected chi connectivity index (χ1v) is 11.3. The van der Waals surface area contributed by atoms with Crippen LogP contribution in [-0.4, -0.2) is 32.0 Å². The number of aryl methyl sites for hydroxylation is 1. The topological polar surface area (TPSA) is 135 Å². The van der Waals surface area contributed by atoms with Crippen molar-refractivity contribution in [2.45, 2.75) is 11.8 Å². The highest BCUT2D eigenvalue weighted by molar-refractivity contribution is 9.10. The minimum absolute atomic E-state index is 0.0365. The Hall–Kier alpha value is -3.51. The molecule has 166 valence electrons. The second-order valence-corrected chi connectivity index (χ2v) is 9.16. The summed E-state index contributed by atoms with van der Waals surface area (Å²) in [6.07, 6.45) is 1.28. The van der Waals surface area contributed by atoms with E-state index < -0.39 is 27.4 Å². The zero-order chi connectivity index (χ0) is 23.3. The van der Waals surface area contributed by atoms with Crippen molar-refractivity contribution in [2.75, 3.05) is 10.8 Å². The fourth-order valence-corrected chi connectivity index (χ4v) is 4.40. The zero-order valence-corrected chi connectivity index (χ0v) is 19.0. The number of non-ortho nitro benzene ring substituents is 1. The number of hydrogen-bond donors (Lipinski definition) is 1. The lowest BCUT2D eigenvalue weighted by atomic mass is 10.3. The van der Waals surface area contributed by atoms with E-state index in [1.165, 1.54) is 30.5 Å². The van der Waals surface area contributed by atoms with Crippen molar-refractivity contribution >= 4 is 49.4 Å². The van der Waals surface area contributed by atoms with Crippen LogP contribution in [0.1, 0.15) is 11.5 Å². The van der Waals surface area contributed by atoms with E-state index in [9.17, 15) is 23.3 Å². The van der Waals surface area contributed by atoms with Crippen molar-refractivity contribution in [3.63, 3.8) is 0 Å². The molecule has 0 saturated heterocycles. The van der Waals surface area contributed by atoms with Gasteiger partial charge >= 0.3 is 0 Å². The van der Waals surface area contributed by atoms with Gasteiger partial charge in [0.15, 0.2) is 0 Å². The van der Waals surface area contributed by atoms with Gasteiger partial charge in [-0.15, -0.1) is 0 Å². The van der Waals surface area contributed by atoms with Gasteiger partial charge in [0.2, 0.25) is 0 Å². The molecule has 1 amide bonds. The summed E-state index contributed by atoms with van der Waals surface area (Å²) in [7, 11) is -4.14. The van der Waals surface area contributed by atoms with Gasteiger partial charge < -0.3 is 4.42 Å². The molecule has 0 aliphatic rings. The third kappa shape index (κ3) is 5.39. The molecule has 1 aromatic heterocycles. The maximum Gasteiger partial charge on any atom is 0.269 e. The molecule has 0 unspecified atom stereocenters. The molecule has 0 saturated carbocycles. The molecule has 0 aliphatic carbocycles. The van der Waals surface area contributed by atoms with Crippen molar-refractivity contribution in [2.24, 2.45) is 5.10 Å². The van der Waals surface area contributed by atoms with Crippen LogP contribution in [0.2, 0.25) is 0 Å². The molecule has 12 heteroatoms. The summed E-state index contributed by atoms with van der Waals surface area (Å²) in [5.74, 6) is 0.302. The first-order valence-electron chi connectivity index (χ1n) is 9.08. The Labute approximate surface area is 191 Å². The standard InChI is InChI=1S/C20H17BrN4O6S/c1-14-19(21)11-17(31-14)12-22-23-20(26)13-24(15-7-9-16(10-8-15)25(27)28)32(29,30)18-5-3-2-4-6-18/h2-12H,13H2,1H3,(H,23,26)/b22-12-. The summed E-state index contributed by atoms with van der Waals surface area (Å²) in [6, 6.07) is 14.0. The van der Waals surface area contributed by atoms with E-state index >= 15 is 0 Å². The van der Waals surface area contributed by atoms with Gasteiger partial charge in [-0.2, -0.15) is 5.10 Å². The second kappa shape index (κ2) is 9.75. The normalized spacial score (nSPS) is 11.4. The SMILES string of the molecule is Cc1oc(/C=N\NC(=O)CN(c2ccc([N+](=O)[O-])cc2)S(=O)(=O)c2ccccc2)cc1Br. The molecule has 2 aromatic carbocycles. The molecular weight excluding hydrogens is 504 g/mol. The van der Waals surface area contributed by atoms with Gasteiger partial charge in [-0.05, 0) is 47.1 Å². The lowest BCUT2D eigenvalue weighted by Gasteiger charge is -2.23. The van der Waals surface area contributed by atoms with Crippen molar-refractivity contribution in [3.8, 4) is 0 Å². The molecular formula is C20H17BrN4O6S. The molecule has 0 spiro atoms. The average Bonchev–Trinajstić information content (AvgIpc) is 3.09. The van der Waals surface area contributed by atoms with Gasteiger partial charge in [0.1, 0.15) is 18.1 Å². The minimum atomic E-state index is -4.14. The molecule has 0 bridgehead atoms. The molecule has 32 heavy (non-hydrogen) atoms. The number of hydrogen-bond acceptors (Lipinski definition) is 7. The first kappa shape index (κ1) is 23.2. The third-order valence-corrected chi connectivity index (χ3v) is 6.80. The van der Waals surface area contributed by atoms with Crippen molar-refractivity contribution < 1.29 is 22.6 Å². The van der Waals surface area contributed by atoms with Crippen LogP contribution < -0.4 is 9.73 Å². The Bertz CT molecular complexity index is 1240. The number of carbonyl (C=O) groups excluding carboxylic acids is 1. The van der Waals surface area contributed by atoms with Gasteiger partial charge in [0, 0.05) is 18.2 Å². The Kier molecular flexibility index (Phi) is 7.05. The lowest BCUT2D eigenvalue weighted by molar-refractivity contribution is -0.384. The number of nitro benzene ring substituents is 1. The number of carbonyl (C=O) groups is 1. The minimum Gasteiger partial charge on any atom is -0.459 e. The van der Waals surface area contributed by atoms with E-state index in [-0.39, 0.29) is 16.3 Å². The fraction of sp³-hybridized carbons (Fsp3) is 0.100. The van der Waals surface area contributed by atoms with Gasteiger partial charge in [0.05, 0.1) is 26.2 Å². The number of rotatable bonds is 8. The molecule has 1 heterocycles. The summed E-state index contributed by atoms with van der Waals surface area (Å²) < 4.78 is 33.3. The number of amides is 1. The van der Waals surface area contributed by atoms with Crippen LogP contribution in [0, 0.1) is 17.0 Å². The Morgan fingerprint density at radius 1 is 1.22 bits per heavy atom. The number of halogens is 1. The highest BCUT2D eigenvalue weighted by atomic mass is 79.9. The van der Waals surface area contributed by atoms with Crippen LogP contribution in [0.25, 0.3) is 0 Å². The van der Waals surface area contributed by atoms with E-state index in [1.54, 1.807) is 31.2 Å². The van der Waals surface area contributed by atoms with E-state index in [1.807, 2.05) is 0 Å². The Morgan fingerprint density at radius 2 is 1.88 bits per heavy atom. The molecule has 0 atom stereocenters. The summed E-state index contributed by atoms with van der Waals surface area (Å²) in [4.78, 5) is 22.7. The molecule has 10 nitrogen and oxygen atoms in total. The number of nitrogens with zero attached hydrogens (tertiary/aromatic N) is 3. The van der Waals surface area contributed by atoms with Crippen LogP contribution in [0.15, 0.2) is 79.6 Å². The van der Waals surface area contributed by atoms with Crippen LogP contribution in [0.4, 0.5) is 11.4 Å². The van der Waals surface area contributed by atoms with Crippen LogP contribution in [0.5, 0.6) is 0 Å². The van der Waals surface area contributed by atoms with Crippen LogP contribution in [0.3, 0.4) is 0 Å². The van der Waals surface area contributed by atoms with E-state index in [0.717, 1.165) is 20.9 Å². The van der Waals surface area contributed by atoms with Gasteiger partial charge in [-0.1, -0.05) is 18.2 Å². The van der Waals surface area contributed by atoms with E-state index in [2.05, 4.69) is 26.5 Å². The lowest BCUT2D eigenvalue weighted by Crippen LogP contribution is -2.39. The van der Waals surface area contributed by atoms with Crippen LogP contribution >= 0.6 is 15.9 Å². The van der Waals surface area contributed by atoms with E-state index in [4.69, 9.17) is 4.42 Å². The maximum absolute atomic E-state index is 13.2. The predicted molar refractivity (Wildman–Crippen MR) is 121 cm³/mol. The summed E-state index contributed by atoms with van der Waals surface area (Å²) in [6.45, 7) is 1.14. The number of hydrazone groups is 1. The highest BCUT2D eigenvalue weighted by Gasteiger charge is 2.27.